The maximum atomic E-state index is 13.3. The Kier molecular flexibility index (Phi) is 26.8. The number of aromatic amines is 5. The molecular formula is C101H90ClFN28O9. The van der Waals surface area contributed by atoms with E-state index in [1.165, 1.54) is 12.1 Å². The average Bonchev–Trinajstić information content (AvgIpc) is 0.977. The molecule has 13 N–H and O–H groups in total. The molecule has 37 nitrogen and oxygen atoms in total. The van der Waals surface area contributed by atoms with Crippen LogP contribution in [0.1, 0.15) is 12.8 Å². The molecule has 39 heteroatoms. The van der Waals surface area contributed by atoms with Crippen LogP contribution in [0.4, 0.5) is 85.4 Å². The summed E-state index contributed by atoms with van der Waals surface area (Å²) in [6, 6.07) is 68.9. The molecule has 0 aliphatic heterocycles. The second-order valence-corrected chi connectivity index (χ2v) is 32.0. The van der Waals surface area contributed by atoms with Crippen molar-refractivity contribution in [1.29, 1.82) is 0 Å². The Bertz CT molecular complexity index is 8240. The summed E-state index contributed by atoms with van der Waals surface area (Å²) >= 11 is 6.09. The van der Waals surface area contributed by atoms with Crippen molar-refractivity contribution < 1.29 is 47.0 Å². The van der Waals surface area contributed by atoms with Crippen LogP contribution in [0, 0.1) is 5.82 Å². The van der Waals surface area contributed by atoms with Gasteiger partial charge in [-0.05, 0) is 176 Å². The summed E-state index contributed by atoms with van der Waals surface area (Å²) in [6.07, 6.45) is 11.2. The highest BCUT2D eigenvalue weighted by Gasteiger charge is 2.25. The number of aromatic nitrogens is 20. The number of anilines is 14. The highest BCUT2D eigenvalue weighted by Crippen LogP contribution is 2.43. The van der Waals surface area contributed by atoms with E-state index in [9.17, 15) is 4.39 Å². The van der Waals surface area contributed by atoms with Gasteiger partial charge in [0.05, 0.1) is 150 Å². The van der Waals surface area contributed by atoms with Crippen molar-refractivity contribution in [3.8, 4) is 57.4 Å². The van der Waals surface area contributed by atoms with Gasteiger partial charge in [0.15, 0.2) is 51.8 Å². The van der Waals surface area contributed by atoms with Gasteiger partial charge in [0.2, 0.25) is 23.1 Å². The third kappa shape index (κ3) is 20.7. The smallest absolute Gasteiger partial charge is 0.229 e. The Morgan fingerprint density at radius 1 is 0.307 bits per heavy atom. The number of rotatable bonds is 27. The molecule has 0 radical (unpaired) electrons. The molecule has 1 aliphatic rings. The molecule has 0 spiro atoms. The van der Waals surface area contributed by atoms with Gasteiger partial charge in [0, 0.05) is 138 Å². The van der Waals surface area contributed by atoms with Gasteiger partial charge in [0.25, 0.3) is 0 Å². The molecule has 0 bridgehead atoms. The van der Waals surface area contributed by atoms with Gasteiger partial charge >= 0.3 is 0 Å². The van der Waals surface area contributed by atoms with Gasteiger partial charge in [-0.15, -0.1) is 0 Å². The summed E-state index contributed by atoms with van der Waals surface area (Å²) in [6.45, 7) is 1.14. The first kappa shape index (κ1) is 90.8. The van der Waals surface area contributed by atoms with E-state index in [-0.39, 0.29) is 11.1 Å². The Morgan fingerprint density at radius 2 is 0.643 bits per heavy atom. The van der Waals surface area contributed by atoms with Gasteiger partial charge in [-0.1, -0.05) is 42.5 Å². The van der Waals surface area contributed by atoms with E-state index in [1.807, 2.05) is 182 Å². The lowest BCUT2D eigenvalue weighted by atomic mass is 10.1. The zero-order valence-corrected chi connectivity index (χ0v) is 77.5. The molecule has 0 unspecified atom stereocenters. The number of para-hydroxylation sites is 1. The van der Waals surface area contributed by atoms with Crippen LogP contribution in [0.25, 0.3) is 120 Å². The molecule has 140 heavy (non-hydrogen) atoms. The van der Waals surface area contributed by atoms with Crippen molar-refractivity contribution in [3.63, 3.8) is 0 Å². The molecule has 23 rings (SSSR count). The quantitative estimate of drug-likeness (QED) is 0.0168. The zero-order chi connectivity index (χ0) is 96.1. The SMILES string of the molecule is COCCNc1nc(Nc2ccc3[nH]ncc3c2)c2cc(OC)c(OC)cc2n1.COc1cc2nc(Cl)nc(Nc3ccc4[nH]ncc4c3)c2cc1OC.COc1cc2nc(NC3CC3)nc(Nc3ccc4[nH]ncc4c3)c2cc1OC.COc1cc2nc(Nc3ccc(F)cc3)nc(Nc3ccc4[nH]ncc4c3)c2cc1OC.c1ccc(-c2nc(Nc3ccc4[nH]ncc4c3)c3ccccc3n2)cc1. The molecule has 0 saturated heterocycles. The molecule has 12 aromatic carbocycles. The largest absolute Gasteiger partial charge is 0.493 e. The first-order chi connectivity index (χ1) is 68.6. The van der Waals surface area contributed by atoms with Crippen LogP contribution in [0.15, 0.2) is 249 Å². The molecule has 1 saturated carbocycles. The van der Waals surface area contributed by atoms with Crippen molar-refractivity contribution in [2.75, 3.05) is 120 Å². The maximum absolute atomic E-state index is 13.3. The number of benzene rings is 12. The van der Waals surface area contributed by atoms with Crippen LogP contribution in [0.2, 0.25) is 5.28 Å². The number of ether oxygens (including phenoxy) is 9. The monoisotopic (exact) mass is 1890 g/mol. The highest BCUT2D eigenvalue weighted by atomic mass is 35.5. The topological polar surface area (TPSA) is 452 Å². The van der Waals surface area contributed by atoms with E-state index in [2.05, 4.69) is 134 Å². The number of methoxy groups -OCH3 is 9. The molecule has 702 valence electrons. The number of nitrogens with zero attached hydrogens (tertiary/aromatic N) is 15. The summed E-state index contributed by atoms with van der Waals surface area (Å²) in [5.41, 5.74) is 14.7. The van der Waals surface area contributed by atoms with Crippen LogP contribution in [-0.2, 0) is 4.74 Å². The van der Waals surface area contributed by atoms with Gasteiger partial charge < -0.3 is 85.2 Å². The number of fused-ring (bicyclic) bond motifs is 10. The minimum Gasteiger partial charge on any atom is -0.493 e. The summed E-state index contributed by atoms with van der Waals surface area (Å²) in [5.74, 6) is 9.91. The minimum atomic E-state index is -0.316. The zero-order valence-electron chi connectivity index (χ0n) is 76.7. The first-order valence-electron chi connectivity index (χ1n) is 43.9. The van der Waals surface area contributed by atoms with E-state index >= 15 is 0 Å². The summed E-state index contributed by atoms with van der Waals surface area (Å²) in [7, 11) is 14.4. The maximum Gasteiger partial charge on any atom is 0.229 e. The third-order valence-corrected chi connectivity index (χ3v) is 22.7. The van der Waals surface area contributed by atoms with Crippen LogP contribution in [0.5, 0.6) is 46.0 Å². The Morgan fingerprint density at radius 3 is 1.04 bits per heavy atom. The molecule has 10 aromatic heterocycles. The number of halogens is 2. The number of hydrogen-bond acceptors (Lipinski definition) is 32. The van der Waals surface area contributed by atoms with E-state index in [0.717, 1.165) is 151 Å². The van der Waals surface area contributed by atoms with E-state index in [4.69, 9.17) is 69.2 Å². The normalized spacial score (nSPS) is 11.5. The molecule has 10 heterocycles. The highest BCUT2D eigenvalue weighted by molar-refractivity contribution is 6.29. The van der Waals surface area contributed by atoms with Crippen molar-refractivity contribution in [3.05, 3.63) is 260 Å². The molecule has 0 atom stereocenters. The van der Waals surface area contributed by atoms with Crippen molar-refractivity contribution in [1.82, 2.24) is 101 Å². The van der Waals surface area contributed by atoms with E-state index in [0.29, 0.717) is 129 Å². The van der Waals surface area contributed by atoms with Crippen molar-refractivity contribution in [2.45, 2.75) is 18.9 Å². The second kappa shape index (κ2) is 41.3. The number of hydrogen-bond donors (Lipinski definition) is 13. The van der Waals surface area contributed by atoms with Crippen LogP contribution in [-0.4, -0.2) is 184 Å². The second-order valence-electron chi connectivity index (χ2n) is 31.7. The molecule has 1 aliphatic carbocycles. The fourth-order valence-electron chi connectivity index (χ4n) is 15.4. The molecular weight excluding hydrogens is 1800 g/mol. The Hall–Kier alpha value is -18.3. The number of nitrogens with one attached hydrogen (secondary N) is 13. The van der Waals surface area contributed by atoms with Crippen molar-refractivity contribution in [2.24, 2.45) is 0 Å². The first-order valence-corrected chi connectivity index (χ1v) is 44.3. The van der Waals surface area contributed by atoms with Gasteiger partial charge in [-0.2, -0.15) is 45.4 Å². The lowest BCUT2D eigenvalue weighted by Gasteiger charge is -2.14. The standard InChI is InChI=1S/C23H19FN6O2.C21H15N5.C20H22N6O3.C20H20N6O2.C17H14ClN5O2/c1-31-20-10-17-19(11-21(20)32-2)28-23(27-15-5-3-14(24)4-6-15)29-22(17)26-16-7-8-18-13(9-16)12-25-30-18;1-2-6-14(7-3-1)20-24-19-9-5-4-8-17(19)21(25-20)23-16-10-11-18-15(12-16)13-22-26-18;1-27-7-6-21-20-24-16-10-18(29-3)17(28-2)9-14(16)19(25-20)23-13-4-5-15-12(8-13)11-22-26-15;1-27-17-8-14-16(9-18(17)28-2)24-20(23-12-3-4-12)25-19(14)22-13-5-6-15-11(7-13)10-21-26-15;1-24-14-6-11-13(7-15(14)25-2)21-17(18)22-16(11)20-10-3-4-12-9(5-10)8-19-23-12/h3-12H,1-2H3,(H,25,30)(H2,26,27,28,29);1-13H,(H,22,26)(H,23,24,25);4-5,8-11H,6-7H2,1-3H3,(H,22,26)(H2,21,23,24,25);5-10,12H,3-4H2,1-2H3,(H,21,26)(H2,22,23,24,25);3-8H,1-2H3,(H,19,23)(H,20,21,22). The third-order valence-electron chi connectivity index (χ3n) is 22.5. The van der Waals surface area contributed by atoms with Crippen LogP contribution >= 0.6 is 11.6 Å². The average molecular weight is 1890 g/mol. The predicted molar refractivity (Wildman–Crippen MR) is 544 cm³/mol. The van der Waals surface area contributed by atoms with E-state index in [1.54, 1.807) is 113 Å². The van der Waals surface area contributed by atoms with Gasteiger partial charge in [0.1, 0.15) is 34.9 Å². The van der Waals surface area contributed by atoms with Crippen LogP contribution < -0.4 is 80.4 Å². The lowest BCUT2D eigenvalue weighted by molar-refractivity contribution is 0.210. The molecule has 0 amide bonds. The predicted octanol–water partition coefficient (Wildman–Crippen LogP) is 21.2. The molecule has 1 fully saturated rings. The fourth-order valence-corrected chi connectivity index (χ4v) is 15.6. The Labute approximate surface area is 801 Å². The lowest BCUT2D eigenvalue weighted by Crippen LogP contribution is -2.11. The Balaban J connectivity index is 0.000000112. The van der Waals surface area contributed by atoms with Gasteiger partial charge in [-0.3, -0.25) is 25.5 Å². The minimum absolute atomic E-state index is 0.145. The summed E-state index contributed by atoms with van der Waals surface area (Å²) in [4.78, 5) is 46.0. The summed E-state index contributed by atoms with van der Waals surface area (Å²) < 4.78 is 61.8. The number of H-pyrrole nitrogens is 5. The van der Waals surface area contributed by atoms with Gasteiger partial charge in [-0.25, -0.2) is 34.3 Å². The van der Waals surface area contributed by atoms with Crippen molar-refractivity contribution >= 4 is 202 Å². The molecule has 22 aromatic rings. The fraction of sp³-hybridized carbons (Fsp3) is 0.139. The van der Waals surface area contributed by atoms with E-state index < -0.39 is 0 Å². The van der Waals surface area contributed by atoms with Crippen LogP contribution in [0.3, 0.4) is 0 Å². The summed E-state index contributed by atoms with van der Waals surface area (Å²) in [5, 5.41) is 71.0.